The Morgan fingerprint density at radius 2 is 1.68 bits per heavy atom. The van der Waals surface area contributed by atoms with Gasteiger partial charge in [0.05, 0.1) is 19.9 Å². The summed E-state index contributed by atoms with van der Waals surface area (Å²) in [7, 11) is -0.731. The molecule has 1 aliphatic heterocycles. The Hall–Kier alpha value is -3.24. The minimum atomic E-state index is -3.70. The van der Waals surface area contributed by atoms with Crippen LogP contribution in [0.15, 0.2) is 59.6 Å². The predicted molar refractivity (Wildman–Crippen MR) is 116 cm³/mol. The first-order valence-electron chi connectivity index (χ1n) is 9.75. The molecular weight excluding hydrogens is 418 g/mol. The average molecular weight is 442 g/mol. The number of benzene rings is 1. The van der Waals surface area contributed by atoms with Crippen molar-refractivity contribution < 1.29 is 17.9 Å². The molecule has 0 aliphatic carbocycles. The lowest BCUT2D eigenvalue weighted by Crippen LogP contribution is -2.49. The van der Waals surface area contributed by atoms with Gasteiger partial charge in [-0.15, -0.1) is 10.2 Å². The van der Waals surface area contributed by atoms with Gasteiger partial charge in [0.15, 0.2) is 5.82 Å². The van der Waals surface area contributed by atoms with Gasteiger partial charge in [0.1, 0.15) is 22.1 Å². The highest BCUT2D eigenvalue weighted by Crippen LogP contribution is 2.31. The van der Waals surface area contributed by atoms with Gasteiger partial charge in [-0.1, -0.05) is 6.07 Å². The maximum Gasteiger partial charge on any atom is 0.246 e. The van der Waals surface area contributed by atoms with Crippen molar-refractivity contribution in [3.05, 3.63) is 54.7 Å². The van der Waals surface area contributed by atoms with Crippen molar-refractivity contribution in [3.8, 4) is 22.9 Å². The number of ether oxygens (including phenoxy) is 2. The first kappa shape index (κ1) is 21.0. The lowest BCUT2D eigenvalue weighted by Gasteiger charge is -2.34. The Balaban J connectivity index is 1.46. The van der Waals surface area contributed by atoms with Gasteiger partial charge < -0.3 is 14.4 Å². The molecule has 9 nitrogen and oxygen atoms in total. The van der Waals surface area contributed by atoms with Gasteiger partial charge in [0, 0.05) is 38.4 Å². The van der Waals surface area contributed by atoms with Crippen molar-refractivity contribution in [1.82, 2.24) is 19.5 Å². The summed E-state index contributed by atoms with van der Waals surface area (Å²) in [4.78, 5) is 6.42. The van der Waals surface area contributed by atoms with E-state index in [2.05, 4.69) is 15.2 Å². The molecular formula is C21H23N5O4S. The highest BCUT2D eigenvalue weighted by molar-refractivity contribution is 7.89. The summed E-state index contributed by atoms with van der Waals surface area (Å²) in [5, 5.41) is 8.57. The van der Waals surface area contributed by atoms with Crippen molar-refractivity contribution in [2.45, 2.75) is 4.90 Å². The molecule has 10 heteroatoms. The summed E-state index contributed by atoms with van der Waals surface area (Å²) in [5.41, 5.74) is 1.45. The zero-order valence-electron chi connectivity index (χ0n) is 17.3. The number of hydrogen-bond donors (Lipinski definition) is 0. The number of methoxy groups -OCH3 is 2. The number of nitrogens with zero attached hydrogens (tertiary/aromatic N) is 5. The summed E-state index contributed by atoms with van der Waals surface area (Å²) < 4.78 is 38.2. The molecule has 0 unspecified atom stereocenters. The van der Waals surface area contributed by atoms with Crippen LogP contribution in [0, 0.1) is 0 Å². The Labute approximate surface area is 181 Å². The number of anilines is 1. The standard InChI is InChI=1S/C21H23N5O4S/c1-29-16-6-8-20(19(15-16)30-2)31(27,28)26-13-11-25(12-14-26)21-9-7-18(23-24-21)17-5-3-4-10-22-17/h3-10,15H,11-14H2,1-2H3. The summed E-state index contributed by atoms with van der Waals surface area (Å²) in [6.45, 7) is 1.69. The molecule has 1 aromatic carbocycles. The van der Waals surface area contributed by atoms with Gasteiger partial charge in [-0.05, 0) is 36.4 Å². The summed E-state index contributed by atoms with van der Waals surface area (Å²) in [5.74, 6) is 1.50. The lowest BCUT2D eigenvalue weighted by molar-refractivity contribution is 0.369. The molecule has 0 saturated carbocycles. The summed E-state index contributed by atoms with van der Waals surface area (Å²) in [6, 6.07) is 14.1. The van der Waals surface area contributed by atoms with Crippen molar-refractivity contribution in [2.75, 3.05) is 45.3 Å². The van der Waals surface area contributed by atoms with Crippen LogP contribution < -0.4 is 14.4 Å². The molecule has 1 aliphatic rings. The fourth-order valence-corrected chi connectivity index (χ4v) is 4.99. The van der Waals surface area contributed by atoms with Crippen LogP contribution in [0.25, 0.3) is 11.4 Å². The van der Waals surface area contributed by atoms with E-state index in [1.54, 1.807) is 18.3 Å². The molecule has 4 rings (SSSR count). The third-order valence-corrected chi connectivity index (χ3v) is 7.07. The largest absolute Gasteiger partial charge is 0.497 e. The van der Waals surface area contributed by atoms with E-state index in [-0.39, 0.29) is 10.6 Å². The lowest BCUT2D eigenvalue weighted by atomic mass is 10.2. The molecule has 162 valence electrons. The molecule has 3 heterocycles. The van der Waals surface area contributed by atoms with Crippen molar-refractivity contribution in [1.29, 1.82) is 0 Å². The number of aromatic nitrogens is 3. The first-order valence-corrected chi connectivity index (χ1v) is 11.2. The molecule has 31 heavy (non-hydrogen) atoms. The zero-order valence-corrected chi connectivity index (χ0v) is 18.1. The van der Waals surface area contributed by atoms with E-state index in [0.717, 1.165) is 5.69 Å². The molecule has 0 radical (unpaired) electrons. The van der Waals surface area contributed by atoms with Crippen LogP contribution in [0.2, 0.25) is 0 Å². The van der Waals surface area contributed by atoms with E-state index >= 15 is 0 Å². The van der Waals surface area contributed by atoms with Gasteiger partial charge >= 0.3 is 0 Å². The third-order valence-electron chi connectivity index (χ3n) is 5.13. The molecule has 0 spiro atoms. The maximum absolute atomic E-state index is 13.2. The molecule has 0 atom stereocenters. The normalized spacial score (nSPS) is 15.0. The van der Waals surface area contributed by atoms with Crippen LogP contribution >= 0.6 is 0 Å². The number of pyridine rings is 1. The molecule has 1 fully saturated rings. The van der Waals surface area contributed by atoms with E-state index in [1.165, 1.54) is 24.6 Å². The van der Waals surface area contributed by atoms with E-state index in [0.29, 0.717) is 43.4 Å². The monoisotopic (exact) mass is 441 g/mol. The fourth-order valence-electron chi connectivity index (χ4n) is 3.43. The Morgan fingerprint density at radius 1 is 0.871 bits per heavy atom. The van der Waals surface area contributed by atoms with Gasteiger partial charge in [-0.2, -0.15) is 4.31 Å². The Morgan fingerprint density at radius 3 is 2.29 bits per heavy atom. The molecule has 1 saturated heterocycles. The second-order valence-electron chi connectivity index (χ2n) is 6.90. The summed E-state index contributed by atoms with van der Waals surface area (Å²) in [6.07, 6.45) is 1.71. The number of piperazine rings is 1. The van der Waals surface area contributed by atoms with E-state index in [1.807, 2.05) is 35.2 Å². The van der Waals surface area contributed by atoms with Crippen LogP contribution in [0.1, 0.15) is 0 Å². The molecule has 2 aromatic heterocycles. The minimum absolute atomic E-state index is 0.128. The quantitative estimate of drug-likeness (QED) is 0.573. The highest BCUT2D eigenvalue weighted by atomic mass is 32.2. The topological polar surface area (TPSA) is 97.8 Å². The second kappa shape index (κ2) is 8.86. The number of hydrogen-bond acceptors (Lipinski definition) is 8. The molecule has 0 bridgehead atoms. The summed E-state index contributed by atoms with van der Waals surface area (Å²) >= 11 is 0. The van der Waals surface area contributed by atoms with Gasteiger partial charge in [0.25, 0.3) is 0 Å². The highest BCUT2D eigenvalue weighted by Gasteiger charge is 2.31. The molecule has 0 N–H and O–H groups in total. The van der Waals surface area contributed by atoms with Crippen LogP contribution in [0.4, 0.5) is 5.82 Å². The predicted octanol–water partition coefficient (Wildman–Crippen LogP) is 2.07. The second-order valence-corrected chi connectivity index (χ2v) is 8.81. The van der Waals surface area contributed by atoms with E-state index < -0.39 is 10.0 Å². The van der Waals surface area contributed by atoms with Crippen LogP contribution in [-0.4, -0.2) is 68.3 Å². The fraction of sp³-hybridized carbons (Fsp3) is 0.286. The minimum Gasteiger partial charge on any atom is -0.497 e. The average Bonchev–Trinajstić information content (AvgIpc) is 2.84. The number of sulfonamides is 1. The van der Waals surface area contributed by atoms with Crippen molar-refractivity contribution in [2.24, 2.45) is 0 Å². The van der Waals surface area contributed by atoms with Gasteiger partial charge in [0.2, 0.25) is 10.0 Å². The zero-order chi connectivity index (χ0) is 21.8. The number of rotatable bonds is 6. The van der Waals surface area contributed by atoms with Crippen molar-refractivity contribution >= 4 is 15.8 Å². The molecule has 3 aromatic rings. The Bertz CT molecular complexity index is 1130. The van der Waals surface area contributed by atoms with Crippen LogP contribution in [0.5, 0.6) is 11.5 Å². The third kappa shape index (κ3) is 4.30. The van der Waals surface area contributed by atoms with Crippen molar-refractivity contribution in [3.63, 3.8) is 0 Å². The maximum atomic E-state index is 13.2. The van der Waals surface area contributed by atoms with Gasteiger partial charge in [-0.25, -0.2) is 8.42 Å². The smallest absolute Gasteiger partial charge is 0.246 e. The Kier molecular flexibility index (Phi) is 6.01. The van der Waals surface area contributed by atoms with E-state index in [4.69, 9.17) is 9.47 Å². The van der Waals surface area contributed by atoms with Crippen LogP contribution in [-0.2, 0) is 10.0 Å². The first-order chi connectivity index (χ1) is 15.0. The van der Waals surface area contributed by atoms with Crippen LogP contribution in [0.3, 0.4) is 0 Å². The SMILES string of the molecule is COc1ccc(S(=O)(=O)N2CCN(c3ccc(-c4ccccn4)nn3)CC2)c(OC)c1. The van der Waals surface area contributed by atoms with Gasteiger partial charge in [-0.3, -0.25) is 4.98 Å². The van der Waals surface area contributed by atoms with E-state index in [9.17, 15) is 8.42 Å². The molecule has 0 amide bonds.